The van der Waals surface area contributed by atoms with Crippen LogP contribution in [-0.4, -0.2) is 35.6 Å². The SMILES string of the molecule is CC(C)N([SiH2][SiH3])C1CCCC1. The van der Waals surface area contributed by atoms with Crippen molar-refractivity contribution in [2.75, 3.05) is 0 Å². The molecule has 3 heteroatoms. The second-order valence-electron chi connectivity index (χ2n) is 3.86. The molecule has 66 valence electrons. The van der Waals surface area contributed by atoms with Crippen LogP contribution in [0.2, 0.25) is 0 Å². The van der Waals surface area contributed by atoms with E-state index in [0.717, 1.165) is 12.1 Å². The maximum Gasteiger partial charge on any atom is 0.0762 e. The van der Waals surface area contributed by atoms with Gasteiger partial charge in [-0.25, -0.2) is 0 Å². The Morgan fingerprint density at radius 1 is 1.36 bits per heavy atom. The molecule has 0 unspecified atom stereocenters. The summed E-state index contributed by atoms with van der Waals surface area (Å²) in [6, 6.07) is 1.83. The van der Waals surface area contributed by atoms with Crippen LogP contribution in [0.3, 0.4) is 0 Å². The first-order valence-electron chi connectivity index (χ1n) is 5.01. The molecule has 0 aromatic carbocycles. The first kappa shape index (κ1) is 9.48. The van der Waals surface area contributed by atoms with Gasteiger partial charge in [0.1, 0.15) is 0 Å². The minimum absolute atomic E-state index is 0.223. The molecule has 1 rings (SSSR count). The normalized spacial score (nSPS) is 21.8. The summed E-state index contributed by atoms with van der Waals surface area (Å²) >= 11 is 0. The molecule has 0 spiro atoms. The maximum atomic E-state index is 2.83. The summed E-state index contributed by atoms with van der Waals surface area (Å²) in [5, 5.41) is 0. The van der Waals surface area contributed by atoms with Gasteiger partial charge in [0.2, 0.25) is 0 Å². The molecule has 0 amide bonds. The number of hydrogen-bond acceptors (Lipinski definition) is 1. The monoisotopic (exact) mass is 187 g/mol. The van der Waals surface area contributed by atoms with Gasteiger partial charge in [-0.2, -0.15) is 0 Å². The van der Waals surface area contributed by atoms with Crippen LogP contribution in [0.4, 0.5) is 0 Å². The Labute approximate surface area is 75.7 Å². The van der Waals surface area contributed by atoms with Gasteiger partial charge in [0.05, 0.1) is 9.20 Å². The van der Waals surface area contributed by atoms with Crippen LogP contribution >= 0.6 is 0 Å². The molecule has 1 aliphatic rings. The van der Waals surface area contributed by atoms with Gasteiger partial charge >= 0.3 is 0 Å². The highest BCUT2D eigenvalue weighted by molar-refractivity contribution is 6.87. The van der Waals surface area contributed by atoms with Crippen molar-refractivity contribution in [1.82, 2.24) is 4.57 Å². The first-order chi connectivity index (χ1) is 5.25. The lowest BCUT2D eigenvalue weighted by Crippen LogP contribution is -2.41. The largest absolute Gasteiger partial charge is 0.327 e. The standard InChI is InChI=1S/C8H21NSi2/c1-7(2)9(11-10)8-5-3-4-6-8/h7-8H,3-6,11H2,1-2,10H3. The Bertz CT molecular complexity index is 111. The van der Waals surface area contributed by atoms with Crippen LogP contribution in [0.25, 0.3) is 0 Å². The van der Waals surface area contributed by atoms with E-state index in [4.69, 9.17) is 0 Å². The van der Waals surface area contributed by atoms with Crippen molar-refractivity contribution in [3.8, 4) is 0 Å². The highest BCUT2D eigenvalue weighted by atomic mass is 29.1. The van der Waals surface area contributed by atoms with Crippen LogP contribution in [0, 0.1) is 0 Å². The molecule has 1 saturated carbocycles. The molecule has 0 N–H and O–H groups in total. The van der Waals surface area contributed by atoms with E-state index >= 15 is 0 Å². The van der Waals surface area contributed by atoms with Crippen molar-refractivity contribution in [2.45, 2.75) is 51.6 Å². The van der Waals surface area contributed by atoms with E-state index < -0.39 is 0 Å². The number of hydrogen-bond donors (Lipinski definition) is 0. The second-order valence-corrected chi connectivity index (χ2v) is 7.12. The lowest BCUT2D eigenvalue weighted by Gasteiger charge is -2.31. The molecule has 0 saturated heterocycles. The zero-order valence-electron chi connectivity index (χ0n) is 8.14. The molecule has 0 bridgehead atoms. The molecule has 1 fully saturated rings. The smallest absolute Gasteiger partial charge is 0.0762 e. The predicted octanol–water partition coefficient (Wildman–Crippen LogP) is 0.00360. The minimum atomic E-state index is 0.223. The van der Waals surface area contributed by atoms with E-state index in [-0.39, 0.29) is 9.20 Å². The Hall–Kier alpha value is 0.394. The lowest BCUT2D eigenvalue weighted by molar-refractivity contribution is 0.287. The van der Waals surface area contributed by atoms with Crippen LogP contribution in [0.5, 0.6) is 0 Å². The molecule has 0 aliphatic heterocycles. The first-order valence-corrected chi connectivity index (χ1v) is 11.3. The third kappa shape index (κ3) is 2.42. The minimum Gasteiger partial charge on any atom is -0.327 e. The topological polar surface area (TPSA) is 3.24 Å². The molecule has 0 radical (unpaired) electrons. The van der Waals surface area contributed by atoms with Gasteiger partial charge in [0.25, 0.3) is 0 Å². The van der Waals surface area contributed by atoms with E-state index in [1.807, 2.05) is 0 Å². The van der Waals surface area contributed by atoms with Gasteiger partial charge < -0.3 is 4.57 Å². The van der Waals surface area contributed by atoms with Gasteiger partial charge in [0, 0.05) is 15.8 Å². The second kappa shape index (κ2) is 4.43. The summed E-state index contributed by atoms with van der Waals surface area (Å²) in [4.78, 5) is 0. The summed E-state index contributed by atoms with van der Waals surface area (Å²) in [6.07, 6.45) is 5.97. The third-order valence-electron chi connectivity index (χ3n) is 2.82. The van der Waals surface area contributed by atoms with Crippen LogP contribution in [0.15, 0.2) is 0 Å². The molecule has 0 aromatic rings. The fourth-order valence-electron chi connectivity index (χ4n) is 2.28. The average molecular weight is 187 g/mol. The summed E-state index contributed by atoms with van der Waals surface area (Å²) in [7, 11) is 1.69. The molecule has 0 heterocycles. The van der Waals surface area contributed by atoms with Gasteiger partial charge in [-0.15, -0.1) is 0 Å². The van der Waals surface area contributed by atoms with Crippen molar-refractivity contribution in [2.24, 2.45) is 0 Å². The Morgan fingerprint density at radius 2 is 1.91 bits per heavy atom. The Balaban J connectivity index is 2.40. The van der Waals surface area contributed by atoms with Gasteiger partial charge in [0.15, 0.2) is 0 Å². The fourth-order valence-corrected chi connectivity index (χ4v) is 7.63. The molecule has 0 atom stereocenters. The molecule has 1 nitrogen and oxygen atoms in total. The molecule has 0 aromatic heterocycles. The molecule has 11 heavy (non-hydrogen) atoms. The van der Waals surface area contributed by atoms with Crippen molar-refractivity contribution in [3.05, 3.63) is 0 Å². The Kier molecular flexibility index (Phi) is 3.82. The number of nitrogens with zero attached hydrogens (tertiary/aromatic N) is 1. The van der Waals surface area contributed by atoms with Crippen molar-refractivity contribution < 1.29 is 0 Å². The highest BCUT2D eigenvalue weighted by Gasteiger charge is 2.22. The van der Waals surface area contributed by atoms with E-state index in [1.54, 1.807) is 0 Å². The van der Waals surface area contributed by atoms with Crippen molar-refractivity contribution >= 4 is 19.0 Å². The van der Waals surface area contributed by atoms with Gasteiger partial charge in [-0.1, -0.05) is 26.7 Å². The molecule has 1 aliphatic carbocycles. The summed E-state index contributed by atoms with van der Waals surface area (Å²) in [6.45, 7) is 4.73. The molecular formula is C8H21NSi2. The quantitative estimate of drug-likeness (QED) is 0.563. The molecular weight excluding hydrogens is 166 g/mol. The number of rotatable bonds is 3. The zero-order chi connectivity index (χ0) is 8.27. The zero-order valence-corrected chi connectivity index (χ0v) is 11.6. The van der Waals surface area contributed by atoms with E-state index in [2.05, 4.69) is 18.4 Å². The van der Waals surface area contributed by atoms with E-state index in [0.29, 0.717) is 0 Å². The van der Waals surface area contributed by atoms with E-state index in [9.17, 15) is 0 Å². The van der Waals surface area contributed by atoms with Crippen molar-refractivity contribution in [3.63, 3.8) is 0 Å². The van der Waals surface area contributed by atoms with Crippen molar-refractivity contribution in [1.29, 1.82) is 0 Å². The van der Waals surface area contributed by atoms with Gasteiger partial charge in [-0.05, 0) is 18.9 Å². The maximum absolute atomic E-state index is 2.83. The average Bonchev–Trinajstić information content (AvgIpc) is 2.40. The third-order valence-corrected chi connectivity index (χ3v) is 6.99. The van der Waals surface area contributed by atoms with E-state index in [1.165, 1.54) is 35.4 Å². The van der Waals surface area contributed by atoms with Crippen LogP contribution < -0.4 is 0 Å². The highest BCUT2D eigenvalue weighted by Crippen LogP contribution is 2.23. The van der Waals surface area contributed by atoms with Gasteiger partial charge in [-0.3, -0.25) is 0 Å². The Morgan fingerprint density at radius 3 is 2.27 bits per heavy atom. The summed E-state index contributed by atoms with van der Waals surface area (Å²) < 4.78 is 2.83. The summed E-state index contributed by atoms with van der Waals surface area (Å²) in [5.74, 6) is 0. The van der Waals surface area contributed by atoms with Crippen LogP contribution in [-0.2, 0) is 0 Å². The summed E-state index contributed by atoms with van der Waals surface area (Å²) in [5.41, 5.74) is 0. The van der Waals surface area contributed by atoms with Crippen LogP contribution in [0.1, 0.15) is 39.5 Å². The predicted molar refractivity (Wildman–Crippen MR) is 57.7 cm³/mol. The lowest BCUT2D eigenvalue weighted by atomic mass is 10.2. The fraction of sp³-hybridized carbons (Fsp3) is 1.00.